The topological polar surface area (TPSA) is 147 Å². The van der Waals surface area contributed by atoms with Crippen molar-refractivity contribution >= 4 is 96.5 Å². The highest BCUT2D eigenvalue weighted by Crippen LogP contribution is 2.36. The molecule has 0 radical (unpaired) electrons. The number of aromatic nitrogens is 8. The summed E-state index contributed by atoms with van der Waals surface area (Å²) in [5, 5.41) is 6.88. The van der Waals surface area contributed by atoms with E-state index in [2.05, 4.69) is 27.1 Å². The van der Waals surface area contributed by atoms with Crippen LogP contribution in [-0.2, 0) is 4.74 Å². The fourth-order valence-corrected chi connectivity index (χ4v) is 6.80. The summed E-state index contributed by atoms with van der Waals surface area (Å²) in [6.45, 7) is 0.0130. The summed E-state index contributed by atoms with van der Waals surface area (Å²) >= 11 is 11.1. The van der Waals surface area contributed by atoms with Crippen LogP contribution in [0.1, 0.15) is 0 Å². The molecule has 5 aromatic carbocycles. The highest BCUT2D eigenvalue weighted by molar-refractivity contribution is 6.30. The molecule has 0 aliphatic carbocycles. The molecule has 276 valence electrons. The molecule has 0 saturated heterocycles. The average molecular weight is 803 g/mol. The standard InChI is InChI=1S/C32H18N8.C11H9Cl2NO2.Al.3H/c1-2-10-18-17(9-1)25-33-26(18)38-28-21-13-5-6-14-22(21)30(35-28)40-32-24-16-8-7-15-23(24)31(36-32)39-29-20-12-4-3-11-19(20)27(34-29)37-25;12-6-1-2-7-16-11(15)14-10-5-3-4-9(13)8-10;;;;/h1-16H,(H2,33,34,35,36,37,38,39,40);3-5,8H,6-7H2,(H,14,15);;;;. The van der Waals surface area contributed by atoms with E-state index in [1.807, 2.05) is 97.1 Å². The number of hydrogen-bond donors (Lipinski definition) is 3. The third kappa shape index (κ3) is 7.53. The number of amides is 1. The Balaban J connectivity index is 0.000000229. The zero-order valence-electron chi connectivity index (χ0n) is 29.2. The number of carbonyl (C=O) groups excluding carboxylic acids is 1. The molecule has 0 saturated carbocycles. The summed E-state index contributed by atoms with van der Waals surface area (Å²) in [6, 6.07) is 39.0. The summed E-state index contributed by atoms with van der Waals surface area (Å²) in [5.74, 6) is 7.75. The number of nitrogens with zero attached hydrogens (tertiary/aromatic N) is 6. The smallest absolute Gasteiger partial charge is 0.412 e. The summed E-state index contributed by atoms with van der Waals surface area (Å²) in [7, 11) is 0. The number of H-pyrrole nitrogens is 2. The first-order valence-corrected chi connectivity index (χ1v) is 18.3. The highest BCUT2D eigenvalue weighted by Gasteiger charge is 2.21. The van der Waals surface area contributed by atoms with Crippen LogP contribution >= 0.6 is 23.2 Å². The molecule has 0 unspecified atom stereocenters. The van der Waals surface area contributed by atoms with Crippen molar-refractivity contribution in [1.82, 2.24) is 39.9 Å². The lowest BCUT2D eigenvalue weighted by molar-refractivity contribution is 0.176. The Bertz CT molecular complexity index is 2760. The van der Waals surface area contributed by atoms with Gasteiger partial charge in [0.05, 0.1) is 5.88 Å². The first kappa shape index (κ1) is 37.3. The fraction of sp³-hybridized carbons (Fsp3) is 0.0465. The van der Waals surface area contributed by atoms with Crippen LogP contribution in [0.2, 0.25) is 5.02 Å². The number of hydrogen-bond acceptors (Lipinski definition) is 8. The lowest BCUT2D eigenvalue weighted by atomic mass is 10.1. The predicted octanol–water partition coefficient (Wildman–Crippen LogP) is 8.82. The Hall–Kier alpha value is -6.60. The quantitative estimate of drug-likeness (QED) is 0.0893. The number of benzene rings is 5. The molecule has 5 heterocycles. The molecule has 8 bridgehead atoms. The van der Waals surface area contributed by atoms with Gasteiger partial charge in [-0.1, -0.05) is 127 Å². The van der Waals surface area contributed by atoms with Gasteiger partial charge in [0.2, 0.25) is 0 Å². The second kappa shape index (κ2) is 16.2. The van der Waals surface area contributed by atoms with Gasteiger partial charge in [-0.3, -0.25) is 5.32 Å². The maximum Gasteiger partial charge on any atom is 0.412 e. The zero-order chi connectivity index (χ0) is 38.0. The Kier molecular flexibility index (Phi) is 10.6. The van der Waals surface area contributed by atoms with E-state index in [0.29, 0.717) is 56.6 Å². The number of alkyl halides is 1. The van der Waals surface area contributed by atoms with Gasteiger partial charge in [-0.05, 0) is 18.2 Å². The number of halogens is 2. The molecule has 14 heteroatoms. The van der Waals surface area contributed by atoms with Crippen LogP contribution in [0.3, 0.4) is 0 Å². The van der Waals surface area contributed by atoms with Crippen LogP contribution in [0, 0.1) is 11.8 Å². The van der Waals surface area contributed by atoms with Gasteiger partial charge in [0.1, 0.15) is 22.6 Å². The van der Waals surface area contributed by atoms with Crippen LogP contribution in [0.25, 0.3) is 89.7 Å². The van der Waals surface area contributed by atoms with E-state index in [1.165, 1.54) is 0 Å². The molecule has 3 N–H and O–H groups in total. The Morgan fingerprint density at radius 2 is 0.965 bits per heavy atom. The van der Waals surface area contributed by atoms with Gasteiger partial charge in [-0.15, -0.1) is 11.6 Å². The van der Waals surface area contributed by atoms with E-state index >= 15 is 0 Å². The minimum absolute atomic E-state index is 0. The third-order valence-corrected chi connectivity index (χ3v) is 9.37. The van der Waals surface area contributed by atoms with Crippen LogP contribution in [0.4, 0.5) is 10.5 Å². The van der Waals surface area contributed by atoms with Crippen molar-refractivity contribution in [2.24, 2.45) is 0 Å². The molecule has 0 atom stereocenters. The van der Waals surface area contributed by atoms with Gasteiger partial charge in [0, 0.05) is 54.5 Å². The molecule has 3 aromatic heterocycles. The van der Waals surface area contributed by atoms with Gasteiger partial charge < -0.3 is 14.7 Å². The van der Waals surface area contributed by atoms with Gasteiger partial charge in [-0.2, -0.15) is 0 Å². The normalized spacial score (nSPS) is 10.9. The lowest BCUT2D eigenvalue weighted by Crippen LogP contribution is -2.13. The Morgan fingerprint density at radius 1 is 0.561 bits per heavy atom. The third-order valence-electron chi connectivity index (χ3n) is 9.00. The molecule has 2 aliphatic rings. The molecule has 0 spiro atoms. The molecule has 8 aromatic rings. The van der Waals surface area contributed by atoms with Crippen molar-refractivity contribution in [2.45, 2.75) is 0 Å². The number of aromatic amines is 2. The summed E-state index contributed by atoms with van der Waals surface area (Å²) in [4.78, 5) is 48.0. The number of rotatable bonds is 2. The molecule has 1 amide bonds. The van der Waals surface area contributed by atoms with Crippen molar-refractivity contribution in [2.75, 3.05) is 17.8 Å². The van der Waals surface area contributed by atoms with E-state index in [1.54, 1.807) is 24.3 Å². The van der Waals surface area contributed by atoms with Crippen LogP contribution in [-0.4, -0.2) is 75.8 Å². The molecule has 11 nitrogen and oxygen atoms in total. The number of fused-ring (bicyclic) bond motifs is 20. The molecule has 0 fully saturated rings. The number of carbonyl (C=O) groups is 1. The van der Waals surface area contributed by atoms with Gasteiger partial charge in [0.25, 0.3) is 0 Å². The largest absolute Gasteiger partial charge is 0.436 e. The second-order valence-corrected chi connectivity index (χ2v) is 13.2. The highest BCUT2D eigenvalue weighted by atomic mass is 35.5. The molecule has 10 rings (SSSR count). The van der Waals surface area contributed by atoms with Gasteiger partial charge in [0.15, 0.2) is 47.3 Å². The van der Waals surface area contributed by atoms with Crippen LogP contribution in [0.5, 0.6) is 0 Å². The van der Waals surface area contributed by atoms with Crippen molar-refractivity contribution in [1.29, 1.82) is 0 Å². The van der Waals surface area contributed by atoms with E-state index in [9.17, 15) is 4.79 Å². The minimum atomic E-state index is -0.578. The number of nitrogens with one attached hydrogen (secondary N) is 3. The van der Waals surface area contributed by atoms with Crippen LogP contribution < -0.4 is 5.32 Å². The predicted molar refractivity (Wildman–Crippen MR) is 231 cm³/mol. The zero-order valence-corrected chi connectivity index (χ0v) is 30.7. The van der Waals surface area contributed by atoms with Gasteiger partial charge >= 0.3 is 6.09 Å². The fourth-order valence-electron chi connectivity index (χ4n) is 6.51. The minimum Gasteiger partial charge on any atom is -0.436 e. The van der Waals surface area contributed by atoms with Crippen molar-refractivity contribution in [3.63, 3.8) is 0 Å². The van der Waals surface area contributed by atoms with E-state index < -0.39 is 6.09 Å². The summed E-state index contributed by atoms with van der Waals surface area (Å²) in [5.41, 5.74) is 7.02. The first-order valence-electron chi connectivity index (χ1n) is 17.4. The second-order valence-electron chi connectivity index (χ2n) is 12.5. The van der Waals surface area contributed by atoms with Crippen molar-refractivity contribution in [3.8, 4) is 57.4 Å². The van der Waals surface area contributed by atoms with E-state index in [4.69, 9.17) is 57.8 Å². The monoisotopic (exact) mass is 801 g/mol. The summed E-state index contributed by atoms with van der Waals surface area (Å²) < 4.78 is 4.76. The molecule has 2 aliphatic heterocycles. The van der Waals surface area contributed by atoms with Crippen molar-refractivity contribution in [3.05, 3.63) is 126 Å². The molecular weight excluding hydrogens is 772 g/mol. The maximum atomic E-state index is 11.2. The molecule has 57 heavy (non-hydrogen) atoms. The first-order chi connectivity index (χ1) is 27.5. The van der Waals surface area contributed by atoms with E-state index in [0.717, 1.165) is 43.8 Å². The van der Waals surface area contributed by atoms with E-state index in [-0.39, 0.29) is 29.8 Å². The number of ether oxygens (including phenoxy) is 1. The summed E-state index contributed by atoms with van der Waals surface area (Å²) in [6.07, 6.45) is -0.578. The average Bonchev–Trinajstić information content (AvgIpc) is 3.96. The van der Waals surface area contributed by atoms with Crippen molar-refractivity contribution < 1.29 is 9.53 Å². The maximum absolute atomic E-state index is 11.2. The van der Waals surface area contributed by atoms with Gasteiger partial charge in [-0.25, -0.2) is 34.7 Å². The lowest BCUT2D eigenvalue weighted by Gasteiger charge is -2.04. The number of anilines is 1. The Morgan fingerprint density at radius 3 is 1.35 bits per heavy atom. The molecular formula is C43H30AlCl2N9O2. The van der Waals surface area contributed by atoms with Crippen LogP contribution in [0.15, 0.2) is 121 Å². The SMILES string of the molecule is O=C(Nc1cccc(Cl)c1)OCC#CCCl.[AlH3].c1ccc2c(c1)-c1nc-2nc2[nH]c(nc3nc(nc4[nH]c(n1)c1ccccc41)-c1ccccc1-3)c1ccccc21. The Labute approximate surface area is 345 Å².